The lowest BCUT2D eigenvalue weighted by molar-refractivity contribution is -0.123. The Bertz CT molecular complexity index is 566. The maximum absolute atomic E-state index is 11.8. The summed E-state index contributed by atoms with van der Waals surface area (Å²) in [6.07, 6.45) is 8.60. The van der Waals surface area contributed by atoms with Crippen molar-refractivity contribution in [1.29, 1.82) is 0 Å². The molecule has 0 radical (unpaired) electrons. The zero-order valence-electron chi connectivity index (χ0n) is 15.4. The first-order chi connectivity index (χ1) is 13.1. The molecule has 2 rings (SSSR count). The van der Waals surface area contributed by atoms with Crippen molar-refractivity contribution in [2.24, 2.45) is 0 Å². The number of hydrogen-bond acceptors (Lipinski definition) is 5. The van der Waals surface area contributed by atoms with Crippen LogP contribution in [0.25, 0.3) is 0 Å². The summed E-state index contributed by atoms with van der Waals surface area (Å²) in [5.74, 6) is 3.16. The van der Waals surface area contributed by atoms with E-state index in [0.29, 0.717) is 31.4 Å². The molecular formula is C18H28N4O4S. The molecule has 3 atom stereocenters. The van der Waals surface area contributed by atoms with Crippen molar-refractivity contribution < 1.29 is 19.1 Å². The van der Waals surface area contributed by atoms with E-state index in [-0.39, 0.29) is 42.9 Å². The van der Waals surface area contributed by atoms with Gasteiger partial charge in [0.25, 0.3) is 0 Å². The second-order valence-electron chi connectivity index (χ2n) is 6.56. The number of fused-ring (bicyclic) bond motifs is 1. The van der Waals surface area contributed by atoms with Gasteiger partial charge in [0, 0.05) is 30.4 Å². The Morgan fingerprint density at radius 3 is 2.81 bits per heavy atom. The standard InChI is InChI=1S/C18H28N4O4S/c1-2-8-19-16(24)7-10-26-11-9-20-15(23)6-4-3-5-14-17-13(12-27-14)21-18(25)22-17/h1,13-14,17H,3-12H2,(H,19,24)(H,20,23)(H2,21,22,25). The minimum atomic E-state index is -0.142. The third-order valence-corrected chi connectivity index (χ3v) is 6.02. The van der Waals surface area contributed by atoms with Gasteiger partial charge < -0.3 is 26.0 Å². The van der Waals surface area contributed by atoms with Crippen LogP contribution in [0.3, 0.4) is 0 Å². The fraction of sp³-hybridized carbons (Fsp3) is 0.722. The maximum Gasteiger partial charge on any atom is 0.315 e. The molecule has 4 amide bonds. The third-order valence-electron chi connectivity index (χ3n) is 4.51. The number of ether oxygens (including phenoxy) is 1. The van der Waals surface area contributed by atoms with Crippen LogP contribution in [0, 0.1) is 12.3 Å². The third kappa shape index (κ3) is 7.69. The summed E-state index contributed by atoms with van der Waals surface area (Å²) in [5, 5.41) is 11.7. The van der Waals surface area contributed by atoms with Gasteiger partial charge in [-0.25, -0.2) is 4.79 Å². The van der Waals surface area contributed by atoms with E-state index in [1.165, 1.54) is 0 Å². The minimum absolute atomic E-state index is 0.0122. The number of thioether (sulfide) groups is 1. The summed E-state index contributed by atoms with van der Waals surface area (Å²) < 4.78 is 5.31. The average molecular weight is 397 g/mol. The molecule has 2 saturated heterocycles. The molecule has 0 aromatic carbocycles. The number of nitrogens with one attached hydrogen (secondary N) is 4. The van der Waals surface area contributed by atoms with Gasteiger partial charge >= 0.3 is 6.03 Å². The summed E-state index contributed by atoms with van der Waals surface area (Å²) in [6.45, 7) is 1.34. The van der Waals surface area contributed by atoms with Crippen molar-refractivity contribution in [2.45, 2.75) is 49.4 Å². The molecule has 2 aliphatic rings. The Balaban J connectivity index is 1.41. The molecule has 0 spiro atoms. The zero-order chi connectivity index (χ0) is 19.5. The summed E-state index contributed by atoms with van der Waals surface area (Å²) in [6, 6.07) is 0.409. The van der Waals surface area contributed by atoms with E-state index in [0.717, 1.165) is 25.0 Å². The van der Waals surface area contributed by atoms with Crippen LogP contribution in [0.1, 0.15) is 32.1 Å². The number of urea groups is 1. The van der Waals surface area contributed by atoms with E-state index < -0.39 is 0 Å². The lowest BCUT2D eigenvalue weighted by atomic mass is 10.0. The fourth-order valence-corrected chi connectivity index (χ4v) is 4.67. The van der Waals surface area contributed by atoms with Gasteiger partial charge in [0.05, 0.1) is 31.8 Å². The van der Waals surface area contributed by atoms with Crippen LogP contribution in [0.15, 0.2) is 0 Å². The Hall–Kier alpha value is -1.92. The zero-order valence-corrected chi connectivity index (χ0v) is 16.2. The molecule has 9 heteroatoms. The molecular weight excluding hydrogens is 368 g/mol. The highest BCUT2D eigenvalue weighted by Crippen LogP contribution is 2.33. The number of unbranched alkanes of at least 4 members (excludes halogenated alkanes) is 1. The first-order valence-electron chi connectivity index (χ1n) is 9.33. The highest BCUT2D eigenvalue weighted by molar-refractivity contribution is 8.00. The van der Waals surface area contributed by atoms with Gasteiger partial charge in [-0.3, -0.25) is 9.59 Å². The van der Waals surface area contributed by atoms with E-state index in [9.17, 15) is 14.4 Å². The number of hydrogen-bond donors (Lipinski definition) is 4. The summed E-state index contributed by atoms with van der Waals surface area (Å²) in [7, 11) is 0. The van der Waals surface area contributed by atoms with Crippen LogP contribution in [0.5, 0.6) is 0 Å². The van der Waals surface area contributed by atoms with Crippen LogP contribution in [0.4, 0.5) is 4.79 Å². The quantitative estimate of drug-likeness (QED) is 0.211. The van der Waals surface area contributed by atoms with Crippen LogP contribution >= 0.6 is 11.8 Å². The monoisotopic (exact) mass is 396 g/mol. The average Bonchev–Trinajstić information content (AvgIpc) is 3.19. The lowest BCUT2D eigenvalue weighted by Gasteiger charge is -2.16. The molecule has 3 unspecified atom stereocenters. The smallest absolute Gasteiger partial charge is 0.315 e. The molecule has 0 aromatic rings. The second kappa shape index (κ2) is 11.7. The van der Waals surface area contributed by atoms with Gasteiger partial charge in [0.15, 0.2) is 0 Å². The van der Waals surface area contributed by atoms with Crippen molar-refractivity contribution >= 4 is 29.6 Å². The molecule has 0 bridgehead atoms. The van der Waals surface area contributed by atoms with E-state index in [1.807, 2.05) is 11.8 Å². The molecule has 0 aromatic heterocycles. The first-order valence-corrected chi connectivity index (χ1v) is 10.4. The highest BCUT2D eigenvalue weighted by atomic mass is 32.2. The summed E-state index contributed by atoms with van der Waals surface area (Å²) in [5.41, 5.74) is 0. The van der Waals surface area contributed by atoms with E-state index in [1.54, 1.807) is 0 Å². The predicted molar refractivity (Wildman–Crippen MR) is 104 cm³/mol. The van der Waals surface area contributed by atoms with Gasteiger partial charge in [-0.2, -0.15) is 11.8 Å². The molecule has 2 aliphatic heterocycles. The van der Waals surface area contributed by atoms with Crippen molar-refractivity contribution in [2.75, 3.05) is 32.1 Å². The van der Waals surface area contributed by atoms with Gasteiger partial charge in [0.1, 0.15) is 0 Å². The van der Waals surface area contributed by atoms with Crippen LogP contribution in [0.2, 0.25) is 0 Å². The van der Waals surface area contributed by atoms with E-state index >= 15 is 0 Å². The summed E-state index contributed by atoms with van der Waals surface area (Å²) >= 11 is 1.89. The maximum atomic E-state index is 11.8. The van der Waals surface area contributed by atoms with Crippen molar-refractivity contribution in [1.82, 2.24) is 21.3 Å². The van der Waals surface area contributed by atoms with Gasteiger partial charge in [-0.15, -0.1) is 6.42 Å². The molecule has 0 aliphatic carbocycles. The largest absolute Gasteiger partial charge is 0.379 e. The van der Waals surface area contributed by atoms with Crippen LogP contribution in [-0.4, -0.2) is 67.2 Å². The van der Waals surface area contributed by atoms with Crippen LogP contribution in [-0.2, 0) is 14.3 Å². The molecule has 150 valence electrons. The summed E-state index contributed by atoms with van der Waals surface area (Å²) in [4.78, 5) is 34.4. The normalized spacial score (nSPS) is 23.1. The van der Waals surface area contributed by atoms with Crippen molar-refractivity contribution in [3.63, 3.8) is 0 Å². The first kappa shape index (κ1) is 21.4. The second-order valence-corrected chi connectivity index (χ2v) is 7.83. The number of amides is 4. The Morgan fingerprint density at radius 2 is 2.00 bits per heavy atom. The molecule has 2 fully saturated rings. The van der Waals surface area contributed by atoms with E-state index in [2.05, 4.69) is 27.2 Å². The number of carbonyl (C=O) groups is 3. The fourth-order valence-electron chi connectivity index (χ4n) is 3.13. The Kier molecular flexibility index (Phi) is 9.28. The Morgan fingerprint density at radius 1 is 1.19 bits per heavy atom. The molecule has 4 N–H and O–H groups in total. The van der Waals surface area contributed by atoms with Crippen molar-refractivity contribution in [3.05, 3.63) is 0 Å². The Labute approximate surface area is 164 Å². The topological polar surface area (TPSA) is 109 Å². The van der Waals surface area contributed by atoms with Gasteiger partial charge in [-0.05, 0) is 12.8 Å². The van der Waals surface area contributed by atoms with Crippen molar-refractivity contribution in [3.8, 4) is 12.3 Å². The van der Waals surface area contributed by atoms with E-state index in [4.69, 9.17) is 11.2 Å². The number of terminal acetylenes is 1. The van der Waals surface area contributed by atoms with Gasteiger partial charge in [0.2, 0.25) is 11.8 Å². The number of carbonyl (C=O) groups excluding carboxylic acids is 3. The number of rotatable bonds is 12. The molecule has 8 nitrogen and oxygen atoms in total. The minimum Gasteiger partial charge on any atom is -0.379 e. The molecule has 2 heterocycles. The van der Waals surface area contributed by atoms with Gasteiger partial charge in [-0.1, -0.05) is 12.3 Å². The molecule has 27 heavy (non-hydrogen) atoms. The molecule has 0 saturated carbocycles. The SMILES string of the molecule is C#CCNC(=O)CCOCCNC(=O)CCCCC1SCC2NC(=O)NC21. The lowest BCUT2D eigenvalue weighted by Crippen LogP contribution is -2.36. The highest BCUT2D eigenvalue weighted by Gasteiger charge is 2.42. The predicted octanol–water partition coefficient (Wildman–Crippen LogP) is -0.0155. The van der Waals surface area contributed by atoms with Crippen LogP contribution < -0.4 is 21.3 Å².